The van der Waals surface area contributed by atoms with Crippen molar-refractivity contribution in [3.8, 4) is 22.5 Å². The summed E-state index contributed by atoms with van der Waals surface area (Å²) in [7, 11) is 3.64. The van der Waals surface area contributed by atoms with Crippen LogP contribution in [0.1, 0.15) is 17.0 Å². The predicted octanol–water partition coefficient (Wildman–Crippen LogP) is 3.09. The molecule has 0 spiro atoms. The molecule has 0 amide bonds. The Morgan fingerprint density at radius 3 is 2.73 bits per heavy atom. The standard InChI is InChI=1S/C19H19N7/c1-11-8-15(21-19-17(11)12(2)24-26(19)4)13-6-5-7-14(9-13)18-16(10-20-3)22-25-23-18/h5-10H,1-4H3,(H,22,23,25). The number of fused-ring (bicyclic) bond motifs is 1. The molecule has 4 aromatic rings. The van der Waals surface area contributed by atoms with Gasteiger partial charge in [0.15, 0.2) is 5.65 Å². The number of aromatic amines is 1. The molecule has 0 unspecified atom stereocenters. The molecule has 0 bridgehead atoms. The lowest BCUT2D eigenvalue weighted by Crippen LogP contribution is -1.95. The summed E-state index contributed by atoms with van der Waals surface area (Å²) in [5.74, 6) is 0. The number of nitrogens with one attached hydrogen (secondary N) is 1. The third-order valence-corrected chi connectivity index (χ3v) is 4.42. The summed E-state index contributed by atoms with van der Waals surface area (Å²) in [5.41, 5.74) is 7.44. The predicted molar refractivity (Wildman–Crippen MR) is 102 cm³/mol. The van der Waals surface area contributed by atoms with Crippen molar-refractivity contribution >= 4 is 17.2 Å². The molecule has 7 heteroatoms. The first-order valence-corrected chi connectivity index (χ1v) is 8.33. The second-order valence-electron chi connectivity index (χ2n) is 6.26. The van der Waals surface area contributed by atoms with Gasteiger partial charge in [0.25, 0.3) is 0 Å². The molecule has 3 heterocycles. The maximum Gasteiger partial charge on any atom is 0.158 e. The van der Waals surface area contributed by atoms with Crippen LogP contribution in [-0.4, -0.2) is 43.4 Å². The van der Waals surface area contributed by atoms with E-state index in [0.29, 0.717) is 5.69 Å². The third-order valence-electron chi connectivity index (χ3n) is 4.42. The molecule has 26 heavy (non-hydrogen) atoms. The van der Waals surface area contributed by atoms with Crippen LogP contribution < -0.4 is 0 Å². The van der Waals surface area contributed by atoms with Gasteiger partial charge in [-0.25, -0.2) is 4.98 Å². The Labute approximate surface area is 150 Å². The number of nitrogens with zero attached hydrogens (tertiary/aromatic N) is 6. The van der Waals surface area contributed by atoms with Gasteiger partial charge in [-0.1, -0.05) is 18.2 Å². The molecule has 0 aliphatic carbocycles. The maximum atomic E-state index is 4.84. The van der Waals surface area contributed by atoms with Crippen molar-refractivity contribution in [1.29, 1.82) is 0 Å². The Morgan fingerprint density at radius 2 is 1.92 bits per heavy atom. The molecule has 0 fully saturated rings. The van der Waals surface area contributed by atoms with Crippen LogP contribution >= 0.6 is 0 Å². The van der Waals surface area contributed by atoms with E-state index in [4.69, 9.17) is 4.98 Å². The molecule has 1 N–H and O–H groups in total. The molecule has 3 aromatic heterocycles. The lowest BCUT2D eigenvalue weighted by atomic mass is 10.0. The number of H-pyrrole nitrogens is 1. The van der Waals surface area contributed by atoms with E-state index >= 15 is 0 Å². The zero-order valence-corrected chi connectivity index (χ0v) is 15.1. The number of benzene rings is 1. The maximum absolute atomic E-state index is 4.84. The molecule has 0 saturated carbocycles. The van der Waals surface area contributed by atoms with Crippen LogP contribution in [0.4, 0.5) is 0 Å². The molecular weight excluding hydrogens is 326 g/mol. The van der Waals surface area contributed by atoms with Crippen molar-refractivity contribution in [2.75, 3.05) is 7.05 Å². The largest absolute Gasteiger partial charge is 0.294 e. The van der Waals surface area contributed by atoms with E-state index in [1.165, 1.54) is 5.56 Å². The zero-order valence-electron chi connectivity index (χ0n) is 15.1. The summed E-state index contributed by atoms with van der Waals surface area (Å²) in [6.45, 7) is 4.11. The fraction of sp³-hybridized carbons (Fsp3) is 0.211. The summed E-state index contributed by atoms with van der Waals surface area (Å²) in [6.07, 6.45) is 1.69. The van der Waals surface area contributed by atoms with Gasteiger partial charge in [-0.15, -0.1) is 0 Å². The Balaban J connectivity index is 1.86. The minimum atomic E-state index is 0.714. The first-order chi connectivity index (χ1) is 12.6. The number of aromatic nitrogens is 6. The highest BCUT2D eigenvalue weighted by Gasteiger charge is 2.14. The number of hydrogen-bond acceptors (Lipinski definition) is 5. The van der Waals surface area contributed by atoms with Gasteiger partial charge in [-0.2, -0.15) is 20.5 Å². The van der Waals surface area contributed by atoms with E-state index in [9.17, 15) is 0 Å². The summed E-state index contributed by atoms with van der Waals surface area (Å²) in [4.78, 5) is 8.87. The molecule has 0 aliphatic rings. The Morgan fingerprint density at radius 1 is 1.12 bits per heavy atom. The Hall–Kier alpha value is -3.35. The molecule has 1 aromatic carbocycles. The highest BCUT2D eigenvalue weighted by Crippen LogP contribution is 2.29. The minimum Gasteiger partial charge on any atom is -0.294 e. The van der Waals surface area contributed by atoms with Crippen LogP contribution in [-0.2, 0) is 7.05 Å². The van der Waals surface area contributed by atoms with E-state index in [-0.39, 0.29) is 0 Å². The lowest BCUT2D eigenvalue weighted by Gasteiger charge is -2.07. The summed E-state index contributed by atoms with van der Waals surface area (Å²) in [5, 5.41) is 16.7. The van der Waals surface area contributed by atoms with Crippen molar-refractivity contribution in [3.63, 3.8) is 0 Å². The highest BCUT2D eigenvalue weighted by molar-refractivity contribution is 5.88. The van der Waals surface area contributed by atoms with E-state index in [1.807, 2.05) is 36.9 Å². The second-order valence-corrected chi connectivity index (χ2v) is 6.26. The van der Waals surface area contributed by atoms with Gasteiger partial charge in [0, 0.05) is 30.6 Å². The lowest BCUT2D eigenvalue weighted by molar-refractivity contribution is 0.774. The van der Waals surface area contributed by atoms with E-state index in [2.05, 4.69) is 44.6 Å². The van der Waals surface area contributed by atoms with Crippen LogP contribution in [0.5, 0.6) is 0 Å². The van der Waals surface area contributed by atoms with Crippen molar-refractivity contribution in [2.24, 2.45) is 12.0 Å². The number of aryl methyl sites for hydroxylation is 3. The first-order valence-electron chi connectivity index (χ1n) is 8.33. The number of rotatable bonds is 3. The van der Waals surface area contributed by atoms with Crippen LogP contribution in [0.15, 0.2) is 35.3 Å². The van der Waals surface area contributed by atoms with Crippen LogP contribution in [0.2, 0.25) is 0 Å². The number of aliphatic imine (C=N–C) groups is 1. The van der Waals surface area contributed by atoms with Crippen LogP contribution in [0.25, 0.3) is 33.5 Å². The zero-order chi connectivity index (χ0) is 18.3. The summed E-state index contributed by atoms with van der Waals surface area (Å²) >= 11 is 0. The van der Waals surface area contributed by atoms with Gasteiger partial charge < -0.3 is 0 Å². The molecule has 4 rings (SSSR count). The van der Waals surface area contributed by atoms with Gasteiger partial charge in [0.2, 0.25) is 0 Å². The molecule has 7 nitrogen and oxygen atoms in total. The molecule has 130 valence electrons. The minimum absolute atomic E-state index is 0.714. The smallest absolute Gasteiger partial charge is 0.158 e. The first kappa shape index (κ1) is 16.1. The number of hydrogen-bond donors (Lipinski definition) is 1. The van der Waals surface area contributed by atoms with Gasteiger partial charge in [-0.05, 0) is 31.5 Å². The van der Waals surface area contributed by atoms with Gasteiger partial charge in [-0.3, -0.25) is 9.67 Å². The van der Waals surface area contributed by atoms with Gasteiger partial charge >= 0.3 is 0 Å². The van der Waals surface area contributed by atoms with Crippen molar-refractivity contribution in [1.82, 2.24) is 30.2 Å². The van der Waals surface area contributed by atoms with Crippen molar-refractivity contribution in [2.45, 2.75) is 13.8 Å². The summed E-state index contributed by atoms with van der Waals surface area (Å²) in [6, 6.07) is 10.2. The monoisotopic (exact) mass is 345 g/mol. The number of pyridine rings is 1. The van der Waals surface area contributed by atoms with E-state index in [1.54, 1.807) is 13.3 Å². The second kappa shape index (κ2) is 6.18. The Kier molecular flexibility index (Phi) is 3.84. The molecule has 0 atom stereocenters. The Bertz CT molecular complexity index is 1130. The summed E-state index contributed by atoms with van der Waals surface area (Å²) < 4.78 is 1.83. The van der Waals surface area contributed by atoms with E-state index < -0.39 is 0 Å². The normalized spacial score (nSPS) is 11.7. The fourth-order valence-electron chi connectivity index (χ4n) is 3.30. The van der Waals surface area contributed by atoms with Crippen molar-refractivity contribution < 1.29 is 0 Å². The average Bonchev–Trinajstić information content (AvgIpc) is 3.20. The fourth-order valence-corrected chi connectivity index (χ4v) is 3.30. The van der Waals surface area contributed by atoms with Crippen molar-refractivity contribution in [3.05, 3.63) is 47.3 Å². The van der Waals surface area contributed by atoms with Gasteiger partial charge in [0.05, 0.1) is 17.6 Å². The highest BCUT2D eigenvalue weighted by atomic mass is 15.3. The van der Waals surface area contributed by atoms with E-state index in [0.717, 1.165) is 39.2 Å². The molecule has 0 aliphatic heterocycles. The van der Waals surface area contributed by atoms with Gasteiger partial charge in [0.1, 0.15) is 11.4 Å². The third kappa shape index (κ3) is 2.57. The van der Waals surface area contributed by atoms with Crippen LogP contribution in [0, 0.1) is 13.8 Å². The SMILES string of the molecule is CN=Cc1n[nH]nc1-c1cccc(-c2cc(C)c3c(C)nn(C)c3n2)c1. The topological polar surface area (TPSA) is 84.6 Å². The molecule has 0 radical (unpaired) electrons. The quantitative estimate of drug-likeness (QED) is 0.578. The molecule has 0 saturated heterocycles. The van der Waals surface area contributed by atoms with Crippen LogP contribution in [0.3, 0.4) is 0 Å². The average molecular weight is 345 g/mol. The molecular formula is C19H19N7.